The van der Waals surface area contributed by atoms with Gasteiger partial charge in [0.1, 0.15) is 23.3 Å². The maximum atomic E-state index is 12.5. The zero-order valence-corrected chi connectivity index (χ0v) is 21.4. The second-order valence-corrected chi connectivity index (χ2v) is 9.49. The summed E-state index contributed by atoms with van der Waals surface area (Å²) in [5.41, 5.74) is 1.96. The highest BCUT2D eigenvalue weighted by Gasteiger charge is 2.30. The van der Waals surface area contributed by atoms with Gasteiger partial charge in [0.15, 0.2) is 11.5 Å². The van der Waals surface area contributed by atoms with Crippen LogP contribution in [0.5, 0.6) is 17.2 Å². The van der Waals surface area contributed by atoms with Gasteiger partial charge in [-0.3, -0.25) is 9.69 Å². The molecular weight excluding hydrogens is 545 g/mol. The SMILES string of the molecule is CCOc1cc(C=C2SC(=S)N(CC)C2=O)cc(I)c1OCCOc1ccccc1C. The van der Waals surface area contributed by atoms with Gasteiger partial charge in [0.05, 0.1) is 15.1 Å². The number of ether oxygens (including phenoxy) is 3. The normalized spacial score (nSPS) is 15.0. The number of amides is 1. The van der Waals surface area contributed by atoms with Gasteiger partial charge in [0.2, 0.25) is 0 Å². The lowest BCUT2D eigenvalue weighted by Crippen LogP contribution is -2.27. The lowest BCUT2D eigenvalue weighted by atomic mass is 10.2. The largest absolute Gasteiger partial charge is 0.490 e. The van der Waals surface area contributed by atoms with Crippen molar-refractivity contribution in [2.24, 2.45) is 0 Å². The van der Waals surface area contributed by atoms with E-state index in [1.54, 1.807) is 4.90 Å². The molecule has 2 aromatic rings. The predicted molar refractivity (Wildman–Crippen MR) is 138 cm³/mol. The van der Waals surface area contributed by atoms with E-state index in [2.05, 4.69) is 22.6 Å². The minimum absolute atomic E-state index is 0.0563. The number of carbonyl (C=O) groups is 1. The second kappa shape index (κ2) is 11.2. The van der Waals surface area contributed by atoms with E-state index in [-0.39, 0.29) is 5.91 Å². The molecule has 1 fully saturated rings. The first-order valence-corrected chi connectivity index (χ1v) is 12.3. The van der Waals surface area contributed by atoms with Crippen LogP contribution in [0.15, 0.2) is 41.3 Å². The van der Waals surface area contributed by atoms with E-state index in [1.807, 2.05) is 63.2 Å². The van der Waals surface area contributed by atoms with Crippen LogP contribution in [0.3, 0.4) is 0 Å². The van der Waals surface area contributed by atoms with E-state index in [0.29, 0.717) is 47.1 Å². The smallest absolute Gasteiger partial charge is 0.266 e. The zero-order chi connectivity index (χ0) is 22.4. The number of nitrogens with zero attached hydrogens (tertiary/aromatic N) is 1. The fourth-order valence-corrected chi connectivity index (χ4v) is 5.18. The Bertz CT molecular complexity index is 1010. The van der Waals surface area contributed by atoms with Crippen molar-refractivity contribution in [2.75, 3.05) is 26.4 Å². The third-order valence-electron chi connectivity index (χ3n) is 4.50. The van der Waals surface area contributed by atoms with Gasteiger partial charge in [-0.25, -0.2) is 0 Å². The first-order valence-electron chi connectivity index (χ1n) is 9.97. The second-order valence-electron chi connectivity index (χ2n) is 6.65. The van der Waals surface area contributed by atoms with Crippen molar-refractivity contribution in [3.8, 4) is 17.2 Å². The number of carbonyl (C=O) groups excluding carboxylic acids is 1. The van der Waals surface area contributed by atoms with E-state index in [9.17, 15) is 4.79 Å². The summed E-state index contributed by atoms with van der Waals surface area (Å²) in [5.74, 6) is 2.11. The first kappa shape index (κ1) is 23.9. The fraction of sp³-hybridized carbons (Fsp3) is 0.304. The van der Waals surface area contributed by atoms with Gasteiger partial charge in [-0.05, 0) is 78.8 Å². The number of hydrogen-bond acceptors (Lipinski definition) is 6. The Kier molecular flexibility index (Phi) is 8.62. The summed E-state index contributed by atoms with van der Waals surface area (Å²) in [4.78, 5) is 14.7. The number of aryl methyl sites for hydroxylation is 1. The third-order valence-corrected chi connectivity index (χ3v) is 6.68. The highest BCUT2D eigenvalue weighted by atomic mass is 127. The molecule has 1 heterocycles. The van der Waals surface area contributed by atoms with Gasteiger partial charge >= 0.3 is 0 Å². The number of para-hydroxylation sites is 1. The summed E-state index contributed by atoms with van der Waals surface area (Å²) < 4.78 is 19.1. The number of thiocarbonyl (C=S) groups is 1. The lowest BCUT2D eigenvalue weighted by Gasteiger charge is -2.15. The molecule has 1 aliphatic rings. The molecule has 0 aromatic heterocycles. The molecule has 3 rings (SSSR count). The third kappa shape index (κ3) is 5.93. The van der Waals surface area contributed by atoms with Crippen molar-refractivity contribution in [3.05, 3.63) is 56.0 Å². The molecule has 0 spiro atoms. The van der Waals surface area contributed by atoms with Gasteiger partial charge in [-0.15, -0.1) is 0 Å². The molecule has 0 bridgehead atoms. The minimum Gasteiger partial charge on any atom is -0.490 e. The number of thioether (sulfide) groups is 1. The number of rotatable bonds is 9. The summed E-state index contributed by atoms with van der Waals surface area (Å²) in [6, 6.07) is 11.8. The topological polar surface area (TPSA) is 48.0 Å². The monoisotopic (exact) mass is 569 g/mol. The van der Waals surface area contributed by atoms with Crippen molar-refractivity contribution >= 4 is 62.9 Å². The summed E-state index contributed by atoms with van der Waals surface area (Å²) in [6.45, 7) is 7.75. The van der Waals surface area contributed by atoms with E-state index >= 15 is 0 Å². The Morgan fingerprint density at radius 3 is 2.52 bits per heavy atom. The zero-order valence-electron chi connectivity index (χ0n) is 17.6. The van der Waals surface area contributed by atoms with Crippen molar-refractivity contribution in [1.29, 1.82) is 0 Å². The quantitative estimate of drug-likeness (QED) is 0.168. The fourth-order valence-electron chi connectivity index (χ4n) is 3.01. The van der Waals surface area contributed by atoms with Crippen molar-refractivity contribution in [1.82, 2.24) is 4.90 Å². The molecule has 0 unspecified atom stereocenters. The van der Waals surface area contributed by atoms with Crippen LogP contribution >= 0.6 is 46.6 Å². The molecule has 1 amide bonds. The molecule has 0 aliphatic carbocycles. The molecule has 164 valence electrons. The Balaban J connectivity index is 1.73. The van der Waals surface area contributed by atoms with Gasteiger partial charge in [-0.1, -0.05) is 42.2 Å². The number of benzene rings is 2. The van der Waals surface area contributed by atoms with E-state index in [4.69, 9.17) is 26.4 Å². The molecule has 1 aliphatic heterocycles. The van der Waals surface area contributed by atoms with Gasteiger partial charge < -0.3 is 14.2 Å². The Labute approximate surface area is 206 Å². The number of halogens is 1. The van der Waals surface area contributed by atoms with Crippen molar-refractivity contribution < 1.29 is 19.0 Å². The minimum atomic E-state index is -0.0563. The van der Waals surface area contributed by atoms with Gasteiger partial charge in [0.25, 0.3) is 5.91 Å². The highest BCUT2D eigenvalue weighted by Crippen LogP contribution is 2.37. The molecule has 0 N–H and O–H groups in total. The number of likely N-dealkylation sites (N-methyl/N-ethyl adjacent to an activating group) is 1. The molecule has 31 heavy (non-hydrogen) atoms. The molecule has 2 aromatic carbocycles. The Morgan fingerprint density at radius 2 is 1.84 bits per heavy atom. The molecule has 1 saturated heterocycles. The maximum Gasteiger partial charge on any atom is 0.266 e. The summed E-state index contributed by atoms with van der Waals surface area (Å²) >= 11 is 8.84. The number of hydrogen-bond donors (Lipinski definition) is 0. The standard InChI is InChI=1S/C23H24INO4S2/c1-4-25-22(26)20(31-23(25)30)14-16-12-17(24)21(19(13-16)27-5-2)29-11-10-28-18-9-7-6-8-15(18)3/h6-9,12-14H,4-5,10-11H2,1-3H3. The molecular formula is C23H24INO4S2. The maximum absolute atomic E-state index is 12.5. The predicted octanol–water partition coefficient (Wildman–Crippen LogP) is 5.68. The Hall–Kier alpha value is -1.78. The Morgan fingerprint density at radius 1 is 1.10 bits per heavy atom. The molecule has 5 nitrogen and oxygen atoms in total. The van der Waals surface area contributed by atoms with Gasteiger partial charge in [0, 0.05) is 6.54 Å². The molecule has 0 saturated carbocycles. The van der Waals surface area contributed by atoms with E-state index in [1.165, 1.54) is 11.8 Å². The average Bonchev–Trinajstić information content (AvgIpc) is 3.00. The van der Waals surface area contributed by atoms with E-state index in [0.717, 1.165) is 20.4 Å². The lowest BCUT2D eigenvalue weighted by molar-refractivity contribution is -0.121. The molecule has 0 atom stereocenters. The van der Waals surface area contributed by atoms with Crippen LogP contribution < -0.4 is 14.2 Å². The summed E-state index contributed by atoms with van der Waals surface area (Å²) in [5, 5.41) is 0. The van der Waals surface area contributed by atoms with E-state index < -0.39 is 0 Å². The average molecular weight is 569 g/mol. The van der Waals surface area contributed by atoms with Crippen LogP contribution in [0.2, 0.25) is 0 Å². The highest BCUT2D eigenvalue weighted by molar-refractivity contribution is 14.1. The van der Waals surface area contributed by atoms with Crippen LogP contribution in [0.1, 0.15) is 25.0 Å². The first-order chi connectivity index (χ1) is 14.9. The molecule has 8 heteroatoms. The molecule has 0 radical (unpaired) electrons. The van der Waals surface area contributed by atoms with Crippen molar-refractivity contribution in [3.63, 3.8) is 0 Å². The van der Waals surface area contributed by atoms with Crippen LogP contribution in [0.4, 0.5) is 0 Å². The van der Waals surface area contributed by atoms with Crippen LogP contribution in [-0.2, 0) is 4.79 Å². The summed E-state index contributed by atoms with van der Waals surface area (Å²) in [6.07, 6.45) is 1.85. The summed E-state index contributed by atoms with van der Waals surface area (Å²) in [7, 11) is 0. The van der Waals surface area contributed by atoms with Crippen LogP contribution in [0, 0.1) is 10.5 Å². The van der Waals surface area contributed by atoms with Crippen molar-refractivity contribution in [2.45, 2.75) is 20.8 Å². The van der Waals surface area contributed by atoms with Crippen LogP contribution in [0.25, 0.3) is 6.08 Å². The van der Waals surface area contributed by atoms with Gasteiger partial charge in [-0.2, -0.15) is 0 Å². The van der Waals surface area contributed by atoms with Crippen LogP contribution in [-0.4, -0.2) is 41.5 Å².